The second-order valence-electron chi connectivity index (χ2n) is 6.40. The van der Waals surface area contributed by atoms with Gasteiger partial charge in [-0.1, -0.05) is 18.2 Å². The topological polar surface area (TPSA) is 25.2 Å². The predicted molar refractivity (Wildman–Crippen MR) is 99.2 cm³/mol. The number of hydrogen-bond acceptors (Lipinski definition) is 1. The lowest BCUT2D eigenvalue weighted by atomic mass is 10.0. The number of aryl methyl sites for hydroxylation is 1. The highest BCUT2D eigenvalue weighted by molar-refractivity contribution is 6.11. The molecule has 1 aliphatic heterocycles. The minimum atomic E-state index is 0.0889. The Kier molecular flexibility index (Phi) is 3.31. The van der Waals surface area contributed by atoms with Crippen LogP contribution in [0, 0.1) is 0 Å². The van der Waals surface area contributed by atoms with Gasteiger partial charge in [0.05, 0.1) is 6.54 Å². The second-order valence-corrected chi connectivity index (χ2v) is 6.40. The van der Waals surface area contributed by atoms with Crippen LogP contribution >= 0.6 is 0 Å². The fourth-order valence-corrected chi connectivity index (χ4v) is 3.36. The van der Waals surface area contributed by atoms with Gasteiger partial charge in [0, 0.05) is 35.4 Å². The van der Waals surface area contributed by atoms with Gasteiger partial charge in [0.2, 0.25) is 0 Å². The van der Waals surface area contributed by atoms with E-state index in [0.717, 1.165) is 27.8 Å². The number of amides is 1. The highest BCUT2D eigenvalue weighted by atomic mass is 16.2. The Labute approximate surface area is 141 Å². The Morgan fingerprint density at radius 2 is 1.96 bits per heavy atom. The molecule has 24 heavy (non-hydrogen) atoms. The third-order valence-electron chi connectivity index (χ3n) is 4.98. The van der Waals surface area contributed by atoms with Crippen molar-refractivity contribution < 1.29 is 4.79 Å². The third kappa shape index (κ3) is 2.16. The molecular formula is C21H20N2O. The molecule has 1 aromatic heterocycles. The SMILES string of the molecule is CC=C(C)c1ccc2c(c1)C(=O)N(c1ccc3c(ccn3C)c1)C2. The zero-order chi connectivity index (χ0) is 16.8. The number of aromatic nitrogens is 1. The van der Waals surface area contributed by atoms with E-state index in [-0.39, 0.29) is 5.91 Å². The molecule has 0 saturated heterocycles. The number of carbonyl (C=O) groups is 1. The molecule has 1 aliphatic rings. The summed E-state index contributed by atoms with van der Waals surface area (Å²) in [6, 6.07) is 14.5. The highest BCUT2D eigenvalue weighted by Crippen LogP contribution is 2.32. The Balaban J connectivity index is 1.73. The van der Waals surface area contributed by atoms with E-state index in [1.165, 1.54) is 11.1 Å². The van der Waals surface area contributed by atoms with Gasteiger partial charge in [-0.2, -0.15) is 0 Å². The number of hydrogen-bond donors (Lipinski definition) is 0. The first kappa shape index (κ1) is 14.8. The summed E-state index contributed by atoms with van der Waals surface area (Å²) < 4.78 is 2.09. The molecule has 3 nitrogen and oxygen atoms in total. The Bertz CT molecular complexity index is 994. The van der Waals surface area contributed by atoms with Crippen molar-refractivity contribution in [1.29, 1.82) is 0 Å². The second kappa shape index (κ2) is 5.38. The van der Waals surface area contributed by atoms with E-state index in [4.69, 9.17) is 0 Å². The largest absolute Gasteiger partial charge is 0.351 e. The molecule has 120 valence electrons. The van der Waals surface area contributed by atoms with Crippen LogP contribution in [-0.2, 0) is 13.6 Å². The number of allylic oxidation sites excluding steroid dienone is 2. The van der Waals surface area contributed by atoms with Crippen molar-refractivity contribution in [2.75, 3.05) is 4.90 Å². The van der Waals surface area contributed by atoms with Crippen LogP contribution < -0.4 is 4.90 Å². The summed E-state index contributed by atoms with van der Waals surface area (Å²) in [7, 11) is 2.03. The molecule has 0 fully saturated rings. The van der Waals surface area contributed by atoms with E-state index in [9.17, 15) is 4.79 Å². The Morgan fingerprint density at radius 3 is 2.75 bits per heavy atom. The number of carbonyl (C=O) groups excluding carboxylic acids is 1. The van der Waals surface area contributed by atoms with E-state index in [2.05, 4.69) is 47.9 Å². The van der Waals surface area contributed by atoms with Crippen molar-refractivity contribution in [3.8, 4) is 0 Å². The lowest BCUT2D eigenvalue weighted by Crippen LogP contribution is -2.22. The van der Waals surface area contributed by atoms with E-state index >= 15 is 0 Å². The number of fused-ring (bicyclic) bond motifs is 2. The van der Waals surface area contributed by atoms with Crippen LogP contribution in [0.25, 0.3) is 16.5 Å². The summed E-state index contributed by atoms with van der Waals surface area (Å²) in [5.41, 5.74) is 6.36. The summed E-state index contributed by atoms with van der Waals surface area (Å²) >= 11 is 0. The van der Waals surface area contributed by atoms with Gasteiger partial charge >= 0.3 is 0 Å². The summed E-state index contributed by atoms with van der Waals surface area (Å²) in [5.74, 6) is 0.0889. The maximum absolute atomic E-state index is 12.9. The summed E-state index contributed by atoms with van der Waals surface area (Å²) in [6.07, 6.45) is 4.11. The van der Waals surface area contributed by atoms with Crippen molar-refractivity contribution >= 4 is 28.1 Å². The molecule has 0 unspecified atom stereocenters. The van der Waals surface area contributed by atoms with Crippen LogP contribution in [0.15, 0.2) is 54.7 Å². The Morgan fingerprint density at radius 1 is 1.12 bits per heavy atom. The summed E-state index contributed by atoms with van der Waals surface area (Å²) in [4.78, 5) is 14.8. The van der Waals surface area contributed by atoms with Gasteiger partial charge in [-0.25, -0.2) is 0 Å². The molecule has 0 saturated carbocycles. The number of benzene rings is 2. The maximum atomic E-state index is 12.9. The standard InChI is InChI=1S/C21H20N2O/c1-4-14(2)15-5-6-17-13-23(21(24)19(17)12-15)18-7-8-20-16(11-18)9-10-22(20)3/h4-12H,13H2,1-3H3. The lowest BCUT2D eigenvalue weighted by Gasteiger charge is -2.16. The summed E-state index contributed by atoms with van der Waals surface area (Å²) in [5, 5.41) is 1.16. The van der Waals surface area contributed by atoms with Crippen LogP contribution in [0.4, 0.5) is 5.69 Å². The van der Waals surface area contributed by atoms with Crippen molar-refractivity contribution in [3.05, 3.63) is 71.4 Å². The maximum Gasteiger partial charge on any atom is 0.258 e. The van der Waals surface area contributed by atoms with Crippen LogP contribution in [0.1, 0.15) is 35.3 Å². The van der Waals surface area contributed by atoms with Gasteiger partial charge in [0.15, 0.2) is 0 Å². The van der Waals surface area contributed by atoms with E-state index < -0.39 is 0 Å². The Hall–Kier alpha value is -2.81. The molecule has 1 amide bonds. The van der Waals surface area contributed by atoms with Crippen molar-refractivity contribution in [3.63, 3.8) is 0 Å². The van der Waals surface area contributed by atoms with Gasteiger partial charge < -0.3 is 9.47 Å². The van der Waals surface area contributed by atoms with Gasteiger partial charge in [0.1, 0.15) is 0 Å². The van der Waals surface area contributed by atoms with Gasteiger partial charge in [-0.05, 0) is 60.9 Å². The smallest absolute Gasteiger partial charge is 0.258 e. The fourth-order valence-electron chi connectivity index (χ4n) is 3.36. The molecule has 0 aliphatic carbocycles. The molecule has 3 heteroatoms. The van der Waals surface area contributed by atoms with Gasteiger partial charge in [0.25, 0.3) is 5.91 Å². The van der Waals surface area contributed by atoms with Crippen LogP contribution in [-0.4, -0.2) is 10.5 Å². The van der Waals surface area contributed by atoms with E-state index in [0.29, 0.717) is 6.54 Å². The quantitative estimate of drug-likeness (QED) is 0.669. The molecule has 0 spiro atoms. The van der Waals surface area contributed by atoms with Gasteiger partial charge in [-0.15, -0.1) is 0 Å². The predicted octanol–water partition coefficient (Wildman–Crippen LogP) is 4.76. The van der Waals surface area contributed by atoms with Crippen molar-refractivity contribution in [2.24, 2.45) is 7.05 Å². The number of anilines is 1. The molecule has 2 heterocycles. The molecule has 0 atom stereocenters. The molecule has 2 aromatic carbocycles. The third-order valence-corrected chi connectivity index (χ3v) is 4.98. The normalized spacial score (nSPS) is 14.5. The molecule has 3 aromatic rings. The average molecular weight is 316 g/mol. The zero-order valence-electron chi connectivity index (χ0n) is 14.2. The van der Waals surface area contributed by atoms with Crippen LogP contribution in [0.2, 0.25) is 0 Å². The first-order valence-corrected chi connectivity index (χ1v) is 8.21. The fraction of sp³-hybridized carbons (Fsp3) is 0.190. The van der Waals surface area contributed by atoms with Crippen LogP contribution in [0.3, 0.4) is 0 Å². The van der Waals surface area contributed by atoms with Gasteiger partial charge in [-0.3, -0.25) is 4.79 Å². The molecule has 4 rings (SSSR count). The van der Waals surface area contributed by atoms with Crippen molar-refractivity contribution in [1.82, 2.24) is 4.57 Å². The summed E-state index contributed by atoms with van der Waals surface area (Å²) in [6.45, 7) is 4.73. The zero-order valence-corrected chi connectivity index (χ0v) is 14.2. The lowest BCUT2D eigenvalue weighted by molar-refractivity contribution is 0.0996. The first-order valence-electron chi connectivity index (χ1n) is 8.21. The molecule has 0 bridgehead atoms. The van der Waals surface area contributed by atoms with Crippen molar-refractivity contribution in [2.45, 2.75) is 20.4 Å². The minimum absolute atomic E-state index is 0.0889. The molecular weight excluding hydrogens is 296 g/mol. The van der Waals surface area contributed by atoms with E-state index in [1.807, 2.05) is 37.2 Å². The molecule has 0 N–H and O–H groups in total. The van der Waals surface area contributed by atoms with E-state index in [1.54, 1.807) is 0 Å². The highest BCUT2D eigenvalue weighted by Gasteiger charge is 2.28. The first-order chi connectivity index (χ1) is 11.6. The average Bonchev–Trinajstić information content (AvgIpc) is 3.14. The molecule has 0 radical (unpaired) electrons. The number of nitrogens with zero attached hydrogens (tertiary/aromatic N) is 2. The number of rotatable bonds is 2. The van der Waals surface area contributed by atoms with Crippen LogP contribution in [0.5, 0.6) is 0 Å². The monoisotopic (exact) mass is 316 g/mol. The minimum Gasteiger partial charge on any atom is -0.351 e.